The van der Waals surface area contributed by atoms with Crippen molar-refractivity contribution in [3.8, 4) is 23.0 Å². The zero-order valence-corrected chi connectivity index (χ0v) is 45.9. The van der Waals surface area contributed by atoms with Gasteiger partial charge in [-0.3, -0.25) is 29.6 Å². The summed E-state index contributed by atoms with van der Waals surface area (Å²) in [7, 11) is 0. The molecule has 8 heterocycles. The molecule has 2 bridgehead atoms. The van der Waals surface area contributed by atoms with E-state index in [1.807, 2.05) is 56.0 Å². The van der Waals surface area contributed by atoms with Crippen molar-refractivity contribution in [3.63, 3.8) is 0 Å². The van der Waals surface area contributed by atoms with Crippen molar-refractivity contribution in [2.45, 2.75) is 154 Å². The minimum atomic E-state index is -0.622. The van der Waals surface area contributed by atoms with Crippen LogP contribution in [0, 0.1) is 16.6 Å². The molecule has 4 amide bonds. The molecule has 3 aromatic carbocycles. The molecule has 79 heavy (non-hydrogen) atoms. The average Bonchev–Trinajstić information content (AvgIpc) is 4.06. The topological polar surface area (TPSA) is 183 Å². The van der Waals surface area contributed by atoms with Gasteiger partial charge in [0.15, 0.2) is 5.82 Å². The number of hydrogen-bond acceptors (Lipinski definition) is 14. The molecule has 5 aromatic rings. The molecule has 8 aliphatic rings. The molecule has 18 heteroatoms. The van der Waals surface area contributed by atoms with Crippen LogP contribution in [0.3, 0.4) is 0 Å². The SMILES string of the molecule is CCc1cccc2cc(O)cc(-c3ncc4c(N5CC6CCC(C5)N6C(=O)OC(C)(C)C)nc(OCC5(CN6CCC7(CC6)CC(OC6CCN(c8ccc9c(c8)CN(C8CCC(=O)NC8=O)C9=O)CC6)C7)CC5)nc4c3F)c12. The van der Waals surface area contributed by atoms with E-state index in [0.29, 0.717) is 66.8 Å². The maximum Gasteiger partial charge on any atom is 0.410 e. The summed E-state index contributed by atoms with van der Waals surface area (Å²) in [5, 5.41) is 15.4. The molecule has 6 aliphatic heterocycles. The maximum absolute atomic E-state index is 17.5. The number of phenols is 1. The Hall–Kier alpha value is -6.66. The Morgan fingerprint density at radius 1 is 0.873 bits per heavy atom. The molecule has 2 N–H and O–H groups in total. The van der Waals surface area contributed by atoms with Gasteiger partial charge in [-0.1, -0.05) is 25.1 Å². The lowest BCUT2D eigenvalue weighted by molar-refractivity contribution is -0.137. The zero-order valence-electron chi connectivity index (χ0n) is 45.9. The van der Waals surface area contributed by atoms with Gasteiger partial charge in [-0.25, -0.2) is 9.18 Å². The predicted octanol–water partition coefficient (Wildman–Crippen LogP) is 8.69. The normalized spacial score (nSPS) is 24.1. The Bertz CT molecular complexity index is 3250. The molecular weight excluding hydrogens is 1010 g/mol. The number of pyridine rings is 1. The highest BCUT2D eigenvalue weighted by Crippen LogP contribution is 2.53. The van der Waals surface area contributed by atoms with Crippen LogP contribution in [0.25, 0.3) is 32.9 Å². The van der Waals surface area contributed by atoms with Crippen LogP contribution >= 0.6 is 0 Å². The van der Waals surface area contributed by atoms with Crippen LogP contribution in [0.5, 0.6) is 11.8 Å². The quantitative estimate of drug-likeness (QED) is 0.113. The first-order chi connectivity index (χ1) is 38.0. The number of aryl methyl sites for hydroxylation is 1. The number of rotatable bonds is 12. The summed E-state index contributed by atoms with van der Waals surface area (Å²) in [5.41, 5.74) is 4.03. The van der Waals surface area contributed by atoms with Crippen molar-refractivity contribution in [1.82, 2.24) is 35.0 Å². The average molecular weight is 1080 g/mol. The number of aromatic nitrogens is 3. The number of imide groups is 1. The number of likely N-dealkylation sites (tertiary alicyclic amines) is 1. The van der Waals surface area contributed by atoms with Gasteiger partial charge in [0.25, 0.3) is 5.91 Å². The number of amides is 4. The van der Waals surface area contributed by atoms with Gasteiger partial charge in [-0.05, 0) is 169 Å². The Kier molecular flexibility index (Phi) is 13.0. The van der Waals surface area contributed by atoms with Gasteiger partial charge in [0.2, 0.25) is 11.8 Å². The Morgan fingerprint density at radius 2 is 1.63 bits per heavy atom. The summed E-state index contributed by atoms with van der Waals surface area (Å²) in [4.78, 5) is 76.3. The van der Waals surface area contributed by atoms with Crippen molar-refractivity contribution in [2.24, 2.45) is 10.8 Å². The lowest BCUT2D eigenvalue weighted by atomic mass is 9.61. The zero-order chi connectivity index (χ0) is 54.5. The number of aromatic hydroxyl groups is 1. The fourth-order valence-electron chi connectivity index (χ4n) is 14.3. The number of anilines is 2. The number of carbonyl (C=O) groups is 4. The van der Waals surface area contributed by atoms with E-state index in [0.717, 1.165) is 125 Å². The third-order valence-electron chi connectivity index (χ3n) is 18.7. The number of fused-ring (bicyclic) bond motifs is 5. The minimum Gasteiger partial charge on any atom is -0.508 e. The number of benzene rings is 3. The number of carbonyl (C=O) groups excluding carboxylic acids is 4. The van der Waals surface area contributed by atoms with Crippen LogP contribution in [0.1, 0.15) is 126 Å². The molecule has 2 saturated carbocycles. The fourth-order valence-corrected chi connectivity index (χ4v) is 14.3. The van der Waals surface area contributed by atoms with Crippen molar-refractivity contribution < 1.29 is 42.9 Å². The van der Waals surface area contributed by atoms with E-state index >= 15 is 4.39 Å². The van der Waals surface area contributed by atoms with Crippen molar-refractivity contribution in [2.75, 3.05) is 62.2 Å². The third-order valence-corrected chi connectivity index (χ3v) is 18.7. The Morgan fingerprint density at radius 3 is 2.34 bits per heavy atom. The molecule has 3 atom stereocenters. The third kappa shape index (κ3) is 9.88. The van der Waals surface area contributed by atoms with E-state index in [1.54, 1.807) is 23.2 Å². The van der Waals surface area contributed by atoms with Gasteiger partial charge in [0.1, 0.15) is 34.4 Å². The number of piperazine rings is 1. The number of nitrogens with zero attached hydrogens (tertiary/aromatic N) is 8. The minimum absolute atomic E-state index is 0.0239. The Balaban J connectivity index is 0.641. The number of nitrogens with one attached hydrogen (secondary N) is 1. The van der Waals surface area contributed by atoms with Crippen molar-refractivity contribution in [1.29, 1.82) is 0 Å². The molecule has 13 rings (SSSR count). The largest absolute Gasteiger partial charge is 0.508 e. The van der Waals surface area contributed by atoms with Crippen LogP contribution in [0.15, 0.2) is 54.7 Å². The summed E-state index contributed by atoms with van der Waals surface area (Å²) in [6.07, 6.45) is 13.3. The van der Waals surface area contributed by atoms with E-state index in [1.165, 1.54) is 0 Å². The monoisotopic (exact) mass is 1080 g/mol. The first-order valence-corrected chi connectivity index (χ1v) is 28.9. The van der Waals surface area contributed by atoms with Crippen LogP contribution in [0.2, 0.25) is 0 Å². The summed E-state index contributed by atoms with van der Waals surface area (Å²) in [6, 6.07) is 14.5. The van der Waals surface area contributed by atoms with Gasteiger partial charge >= 0.3 is 12.1 Å². The second-order valence-electron chi connectivity index (χ2n) is 25.2. The lowest BCUT2D eigenvalue weighted by Crippen LogP contribution is -2.57. The smallest absolute Gasteiger partial charge is 0.410 e. The first-order valence-electron chi connectivity index (χ1n) is 28.9. The van der Waals surface area contributed by atoms with Gasteiger partial charge in [0, 0.05) is 74.1 Å². The molecule has 2 aromatic heterocycles. The molecule has 2 aliphatic carbocycles. The molecule has 17 nitrogen and oxygen atoms in total. The van der Waals surface area contributed by atoms with E-state index < -0.39 is 23.4 Å². The molecule has 0 radical (unpaired) electrons. The molecule has 416 valence electrons. The van der Waals surface area contributed by atoms with Crippen molar-refractivity contribution >= 4 is 57.0 Å². The maximum atomic E-state index is 17.5. The standard InChI is InChI=1S/C61H72FN9O8/c1-5-36-7-6-8-37-26-42(72)27-46(50(36)37)52-51(62)53-47(30-63-52)54(69-32-40-9-10-41(33-69)71(40)58(76)79-59(2,3)4)66-57(65-53)77-35-61(17-18-61)34-67-23-19-60(20-24-67)28-44(29-60)78-43-15-21-68(22-16-43)39-11-12-45-38(25-39)31-70(56(45)75)48-13-14-49(73)64-55(48)74/h6-8,11-12,25-27,30,40-41,43-44,48,72H,5,9-10,13-24,28-29,31-35H2,1-4H3,(H,64,73,74). The number of ether oxygens (including phenoxy) is 3. The summed E-state index contributed by atoms with van der Waals surface area (Å²) in [5.74, 6) is -0.875. The predicted molar refractivity (Wildman–Crippen MR) is 295 cm³/mol. The molecule has 5 saturated heterocycles. The summed E-state index contributed by atoms with van der Waals surface area (Å²) < 4.78 is 36.7. The highest BCUT2D eigenvalue weighted by Gasteiger charge is 2.51. The van der Waals surface area contributed by atoms with Gasteiger partial charge in [0.05, 0.1) is 36.3 Å². The lowest BCUT2D eigenvalue weighted by Gasteiger charge is -2.53. The molecule has 3 unspecified atom stereocenters. The second-order valence-corrected chi connectivity index (χ2v) is 25.2. The van der Waals surface area contributed by atoms with Gasteiger partial charge < -0.3 is 38.9 Å². The van der Waals surface area contributed by atoms with Gasteiger partial charge in [-0.15, -0.1) is 0 Å². The highest BCUT2D eigenvalue weighted by atomic mass is 19.1. The van der Waals surface area contributed by atoms with E-state index in [9.17, 15) is 24.3 Å². The first kappa shape index (κ1) is 51.8. The van der Waals surface area contributed by atoms with Crippen molar-refractivity contribution in [3.05, 3.63) is 77.2 Å². The van der Waals surface area contributed by atoms with Crippen LogP contribution in [0.4, 0.5) is 20.7 Å². The van der Waals surface area contributed by atoms with Crippen LogP contribution in [-0.4, -0.2) is 147 Å². The fraction of sp³-hybridized carbons (Fsp3) is 0.557. The molecule has 7 fully saturated rings. The number of hydrogen-bond donors (Lipinski definition) is 2. The van der Waals surface area contributed by atoms with Crippen LogP contribution in [-0.2, 0) is 32.0 Å². The summed E-state index contributed by atoms with van der Waals surface area (Å²) in [6.45, 7) is 14.2. The Labute approximate surface area is 460 Å². The molecular formula is C61H72FN9O8. The molecule has 1 spiro atoms. The summed E-state index contributed by atoms with van der Waals surface area (Å²) >= 11 is 0. The number of phenolic OH excluding ortho intramolecular Hbond substituents is 1. The second kappa shape index (κ2) is 19.9. The van der Waals surface area contributed by atoms with E-state index in [2.05, 4.69) is 33.0 Å². The number of halogens is 1. The van der Waals surface area contributed by atoms with E-state index in [-0.39, 0.29) is 77.0 Å². The van der Waals surface area contributed by atoms with E-state index in [4.69, 9.17) is 29.2 Å². The highest BCUT2D eigenvalue weighted by molar-refractivity contribution is 6.06. The van der Waals surface area contributed by atoms with Crippen LogP contribution < -0.4 is 19.9 Å². The van der Waals surface area contributed by atoms with Gasteiger partial charge in [-0.2, -0.15) is 9.97 Å². The number of piperidine rings is 3.